The van der Waals surface area contributed by atoms with Crippen LogP contribution in [-0.4, -0.2) is 47.0 Å². The molecule has 0 aromatic rings. The van der Waals surface area contributed by atoms with Gasteiger partial charge in [-0.05, 0) is 13.3 Å². The molecule has 6 nitrogen and oxygen atoms in total. The van der Waals surface area contributed by atoms with Gasteiger partial charge in [0.15, 0.2) is 6.04 Å². The Labute approximate surface area is 86.8 Å². The van der Waals surface area contributed by atoms with Crippen molar-refractivity contribution in [2.75, 3.05) is 6.54 Å². The summed E-state index contributed by atoms with van der Waals surface area (Å²) in [4.78, 5) is 33.3. The topological polar surface area (TPSA) is 83.9 Å². The third-order valence-corrected chi connectivity index (χ3v) is 2.28. The zero-order valence-corrected chi connectivity index (χ0v) is 8.38. The standard InChI is InChI=1S/C9H13NO5/c1-6-7(8(12)13)10(9(14)15-6)4-2-3-5-11/h5-7H,2-4H2,1H3,(H,12,13). The van der Waals surface area contributed by atoms with Gasteiger partial charge in [-0.2, -0.15) is 0 Å². The van der Waals surface area contributed by atoms with Crippen molar-refractivity contribution in [2.45, 2.75) is 31.9 Å². The largest absolute Gasteiger partial charge is 0.480 e. The zero-order valence-electron chi connectivity index (χ0n) is 8.38. The summed E-state index contributed by atoms with van der Waals surface area (Å²) in [7, 11) is 0. The van der Waals surface area contributed by atoms with E-state index in [9.17, 15) is 14.4 Å². The first-order valence-electron chi connectivity index (χ1n) is 4.71. The molecule has 0 radical (unpaired) electrons. The fraction of sp³-hybridized carbons (Fsp3) is 0.667. The van der Waals surface area contributed by atoms with Crippen molar-refractivity contribution in [3.05, 3.63) is 0 Å². The molecule has 2 unspecified atom stereocenters. The molecule has 0 aromatic carbocycles. The predicted octanol–water partition coefficient (Wildman–Crippen LogP) is 0.259. The minimum absolute atomic E-state index is 0.235. The van der Waals surface area contributed by atoms with Gasteiger partial charge in [0.05, 0.1) is 0 Å². The molecule has 6 heteroatoms. The number of ether oxygens (including phenoxy) is 1. The molecule has 2 atom stereocenters. The lowest BCUT2D eigenvalue weighted by Gasteiger charge is -2.18. The molecule has 1 rings (SSSR count). The van der Waals surface area contributed by atoms with Crippen LogP contribution in [0.4, 0.5) is 4.79 Å². The number of carbonyl (C=O) groups is 3. The fourth-order valence-electron chi connectivity index (χ4n) is 1.57. The Morgan fingerprint density at radius 1 is 1.67 bits per heavy atom. The Kier molecular flexibility index (Phi) is 3.65. The SMILES string of the molecule is CC1OC(=O)N(CCCC=O)C1C(=O)O. The number of amides is 1. The maximum Gasteiger partial charge on any atom is 0.411 e. The van der Waals surface area contributed by atoms with Gasteiger partial charge < -0.3 is 14.6 Å². The zero-order chi connectivity index (χ0) is 11.4. The van der Waals surface area contributed by atoms with Crippen molar-refractivity contribution >= 4 is 18.3 Å². The number of hydrogen-bond acceptors (Lipinski definition) is 4. The van der Waals surface area contributed by atoms with E-state index >= 15 is 0 Å². The van der Waals surface area contributed by atoms with Crippen LogP contribution in [0, 0.1) is 0 Å². The van der Waals surface area contributed by atoms with Crippen LogP contribution in [-0.2, 0) is 14.3 Å². The number of carbonyl (C=O) groups excluding carboxylic acids is 2. The summed E-state index contributed by atoms with van der Waals surface area (Å²) in [5, 5.41) is 8.88. The lowest BCUT2D eigenvalue weighted by molar-refractivity contribution is -0.142. The number of nitrogens with zero attached hydrogens (tertiary/aromatic N) is 1. The van der Waals surface area contributed by atoms with Crippen molar-refractivity contribution in [1.29, 1.82) is 0 Å². The Hall–Kier alpha value is -1.59. The minimum atomic E-state index is -1.08. The number of rotatable bonds is 5. The Morgan fingerprint density at radius 3 is 2.87 bits per heavy atom. The monoisotopic (exact) mass is 215 g/mol. The van der Waals surface area contributed by atoms with Crippen LogP contribution in [0.3, 0.4) is 0 Å². The van der Waals surface area contributed by atoms with Crippen molar-refractivity contribution < 1.29 is 24.2 Å². The van der Waals surface area contributed by atoms with Gasteiger partial charge in [0, 0.05) is 13.0 Å². The maximum atomic E-state index is 11.2. The van der Waals surface area contributed by atoms with Gasteiger partial charge in [0.25, 0.3) is 0 Å². The van der Waals surface area contributed by atoms with Crippen LogP contribution in [0.15, 0.2) is 0 Å². The third kappa shape index (κ3) is 2.45. The first-order chi connectivity index (χ1) is 7.07. The number of unbranched alkanes of at least 4 members (excludes halogenated alkanes) is 1. The second-order valence-electron chi connectivity index (χ2n) is 3.37. The molecule has 0 spiro atoms. The summed E-state index contributed by atoms with van der Waals surface area (Å²) in [5.74, 6) is -1.08. The smallest absolute Gasteiger partial charge is 0.411 e. The van der Waals surface area contributed by atoms with E-state index in [1.807, 2.05) is 0 Å². The average molecular weight is 215 g/mol. The highest BCUT2D eigenvalue weighted by Crippen LogP contribution is 2.19. The van der Waals surface area contributed by atoms with Gasteiger partial charge >= 0.3 is 12.1 Å². The van der Waals surface area contributed by atoms with Crippen LogP contribution in [0.2, 0.25) is 0 Å². The molecule has 0 saturated carbocycles. The highest BCUT2D eigenvalue weighted by molar-refractivity contribution is 5.83. The van der Waals surface area contributed by atoms with Gasteiger partial charge in [-0.25, -0.2) is 9.59 Å². The average Bonchev–Trinajstić information content (AvgIpc) is 2.42. The van der Waals surface area contributed by atoms with Crippen molar-refractivity contribution in [3.63, 3.8) is 0 Å². The van der Waals surface area contributed by atoms with Gasteiger partial charge in [0.2, 0.25) is 0 Å². The maximum absolute atomic E-state index is 11.2. The van der Waals surface area contributed by atoms with Crippen molar-refractivity contribution in [1.82, 2.24) is 4.90 Å². The quantitative estimate of drug-likeness (QED) is 0.525. The lowest BCUT2D eigenvalue weighted by atomic mass is 10.1. The molecule has 0 aliphatic carbocycles. The second kappa shape index (κ2) is 4.77. The number of cyclic esters (lactones) is 1. The van der Waals surface area contributed by atoms with E-state index in [0.29, 0.717) is 12.8 Å². The van der Waals surface area contributed by atoms with Crippen LogP contribution < -0.4 is 0 Å². The molecule has 0 aromatic heterocycles. The number of carboxylic acid groups (broad SMARTS) is 1. The summed E-state index contributed by atoms with van der Waals surface area (Å²) in [6, 6.07) is -0.941. The van der Waals surface area contributed by atoms with E-state index in [-0.39, 0.29) is 6.54 Å². The predicted molar refractivity (Wildman–Crippen MR) is 49.4 cm³/mol. The van der Waals surface area contributed by atoms with E-state index in [1.54, 1.807) is 0 Å². The third-order valence-electron chi connectivity index (χ3n) is 2.28. The first-order valence-corrected chi connectivity index (χ1v) is 4.71. The molecular formula is C9H13NO5. The van der Waals surface area contributed by atoms with Gasteiger partial charge in [0.1, 0.15) is 12.4 Å². The molecule has 1 heterocycles. The van der Waals surface area contributed by atoms with Gasteiger partial charge in [-0.15, -0.1) is 0 Å². The summed E-state index contributed by atoms with van der Waals surface area (Å²) >= 11 is 0. The molecule has 0 bridgehead atoms. The van der Waals surface area contributed by atoms with Crippen LogP contribution in [0.5, 0.6) is 0 Å². The molecule has 1 amide bonds. The van der Waals surface area contributed by atoms with Gasteiger partial charge in [-0.3, -0.25) is 4.90 Å². The molecule has 84 valence electrons. The Bertz CT molecular complexity index is 278. The van der Waals surface area contributed by atoms with Crippen LogP contribution in [0.1, 0.15) is 19.8 Å². The van der Waals surface area contributed by atoms with Crippen LogP contribution in [0.25, 0.3) is 0 Å². The first kappa shape index (κ1) is 11.5. The number of aldehydes is 1. The van der Waals surface area contributed by atoms with Crippen LogP contribution >= 0.6 is 0 Å². The number of hydrogen-bond donors (Lipinski definition) is 1. The summed E-state index contributed by atoms with van der Waals surface area (Å²) in [6.45, 7) is 1.77. The number of carboxylic acids is 1. The molecule has 1 aliphatic rings. The molecular weight excluding hydrogens is 202 g/mol. The number of aliphatic carboxylic acids is 1. The molecule has 1 fully saturated rings. The summed E-state index contributed by atoms with van der Waals surface area (Å²) in [5.41, 5.74) is 0. The van der Waals surface area contributed by atoms with E-state index in [2.05, 4.69) is 0 Å². The van der Waals surface area contributed by atoms with Crippen molar-refractivity contribution in [3.8, 4) is 0 Å². The Morgan fingerprint density at radius 2 is 2.33 bits per heavy atom. The normalized spacial score (nSPS) is 25.1. The molecule has 1 aliphatic heterocycles. The minimum Gasteiger partial charge on any atom is -0.480 e. The van der Waals surface area contributed by atoms with E-state index < -0.39 is 24.2 Å². The van der Waals surface area contributed by atoms with E-state index in [4.69, 9.17) is 9.84 Å². The summed E-state index contributed by atoms with van der Waals surface area (Å²) < 4.78 is 4.80. The summed E-state index contributed by atoms with van der Waals surface area (Å²) in [6.07, 6.45) is 0.229. The fourth-order valence-corrected chi connectivity index (χ4v) is 1.57. The van der Waals surface area contributed by atoms with E-state index in [0.717, 1.165) is 11.2 Å². The Balaban J connectivity index is 2.61. The second-order valence-corrected chi connectivity index (χ2v) is 3.37. The van der Waals surface area contributed by atoms with E-state index in [1.165, 1.54) is 6.92 Å². The molecule has 15 heavy (non-hydrogen) atoms. The highest BCUT2D eigenvalue weighted by atomic mass is 16.6. The van der Waals surface area contributed by atoms with Gasteiger partial charge in [-0.1, -0.05) is 0 Å². The lowest BCUT2D eigenvalue weighted by Crippen LogP contribution is -2.42. The highest BCUT2D eigenvalue weighted by Gasteiger charge is 2.43. The van der Waals surface area contributed by atoms with Crippen molar-refractivity contribution in [2.24, 2.45) is 0 Å². The molecule has 1 saturated heterocycles. The molecule has 1 N–H and O–H groups in total.